The smallest absolute Gasteiger partial charge is 0.294 e. The van der Waals surface area contributed by atoms with Gasteiger partial charge in [0, 0.05) is 5.92 Å². The van der Waals surface area contributed by atoms with Crippen molar-refractivity contribution in [3.8, 4) is 0 Å². The van der Waals surface area contributed by atoms with Gasteiger partial charge in [-0.3, -0.25) is 9.11 Å². The fourth-order valence-corrected chi connectivity index (χ4v) is 3.18. The molecule has 0 aromatic heterocycles. The van der Waals surface area contributed by atoms with Crippen molar-refractivity contribution in [1.82, 2.24) is 0 Å². The zero-order valence-corrected chi connectivity index (χ0v) is 18.4. The maximum Gasteiger partial charge on any atom is 0.294 e. The van der Waals surface area contributed by atoms with E-state index in [0.717, 1.165) is 0 Å². The first kappa shape index (κ1) is 27.9. The molecule has 0 aliphatic heterocycles. The lowest BCUT2D eigenvalue weighted by Crippen LogP contribution is -2.26. The van der Waals surface area contributed by atoms with Crippen LogP contribution in [0.25, 0.3) is 0 Å². The van der Waals surface area contributed by atoms with E-state index in [0.29, 0.717) is 6.42 Å². The van der Waals surface area contributed by atoms with Gasteiger partial charge in [0.05, 0.1) is 22.0 Å². The Morgan fingerprint density at radius 1 is 0.767 bits per heavy atom. The molecule has 30 heavy (non-hydrogen) atoms. The average Bonchev–Trinajstić information content (AvgIpc) is 2.67. The van der Waals surface area contributed by atoms with Crippen LogP contribution < -0.4 is 0 Å². The largest absolute Gasteiger partial charge is 0.393 e. The lowest BCUT2D eigenvalue weighted by molar-refractivity contribution is 0.0335. The molecule has 0 saturated heterocycles. The molecular formula is C20H28O8S2. The van der Waals surface area contributed by atoms with Crippen LogP contribution in [0.5, 0.6) is 0 Å². The minimum Gasteiger partial charge on any atom is -0.393 e. The third-order valence-corrected chi connectivity index (χ3v) is 5.50. The Morgan fingerprint density at radius 2 is 1.07 bits per heavy atom. The van der Waals surface area contributed by atoms with E-state index in [1.165, 1.54) is 24.3 Å². The van der Waals surface area contributed by atoms with Gasteiger partial charge in [-0.1, -0.05) is 42.5 Å². The molecule has 0 saturated carbocycles. The second-order valence-electron chi connectivity index (χ2n) is 6.25. The molecule has 2 atom stereocenters. The van der Waals surface area contributed by atoms with Crippen LogP contribution in [-0.4, -0.2) is 48.4 Å². The Bertz CT molecular complexity index is 863. The van der Waals surface area contributed by atoms with E-state index in [4.69, 9.17) is 19.3 Å². The van der Waals surface area contributed by atoms with Crippen LogP contribution in [0.3, 0.4) is 0 Å². The summed E-state index contributed by atoms with van der Waals surface area (Å²) in [5, 5.41) is 18.2. The van der Waals surface area contributed by atoms with Crippen molar-refractivity contribution >= 4 is 20.2 Å². The Labute approximate surface area is 178 Å². The summed E-state index contributed by atoms with van der Waals surface area (Å²) in [5.74, 6) is -0.0718. The zero-order chi connectivity index (χ0) is 23.4. The topological polar surface area (TPSA) is 149 Å². The standard InChI is InChI=1S/C8H16O2.2C6H6O3S/c1-4-5-8(6(2)9)7(3)10;2*7-10(8,9)6-4-2-1-3-5-6/h4,6-10H,1,5H2,2-3H3;2*1-5H,(H,7,8,9). The minimum atomic E-state index is -4.00. The first-order valence-electron chi connectivity index (χ1n) is 8.82. The SMILES string of the molecule is C=CCC(C(C)O)C(C)O.O=S(=O)(O)c1ccccc1.O=S(=O)(O)c1ccccc1. The third kappa shape index (κ3) is 11.8. The van der Waals surface area contributed by atoms with E-state index in [1.807, 2.05) is 0 Å². The van der Waals surface area contributed by atoms with Gasteiger partial charge in [0.2, 0.25) is 0 Å². The summed E-state index contributed by atoms with van der Waals surface area (Å²) < 4.78 is 58.5. The fraction of sp³-hybridized carbons (Fsp3) is 0.300. The molecule has 8 nitrogen and oxygen atoms in total. The van der Waals surface area contributed by atoms with Gasteiger partial charge in [0.1, 0.15) is 0 Å². The quantitative estimate of drug-likeness (QED) is 0.380. The summed E-state index contributed by atoms with van der Waals surface area (Å²) in [6.07, 6.45) is 1.45. The van der Waals surface area contributed by atoms with Crippen LogP contribution >= 0.6 is 0 Å². The molecule has 2 rings (SSSR count). The summed E-state index contributed by atoms with van der Waals surface area (Å²) in [6.45, 7) is 6.91. The van der Waals surface area contributed by atoms with Crippen molar-refractivity contribution in [3.05, 3.63) is 73.3 Å². The van der Waals surface area contributed by atoms with Gasteiger partial charge in [0.25, 0.3) is 20.2 Å². The van der Waals surface area contributed by atoms with E-state index in [-0.39, 0.29) is 15.7 Å². The van der Waals surface area contributed by atoms with Gasteiger partial charge in [-0.05, 0) is 44.5 Å². The van der Waals surface area contributed by atoms with Gasteiger partial charge < -0.3 is 10.2 Å². The van der Waals surface area contributed by atoms with Crippen molar-refractivity contribution in [2.45, 2.75) is 42.3 Å². The van der Waals surface area contributed by atoms with Crippen LogP contribution in [0.2, 0.25) is 0 Å². The normalized spacial score (nSPS) is 14.1. The van der Waals surface area contributed by atoms with Crippen LogP contribution in [0.1, 0.15) is 20.3 Å². The van der Waals surface area contributed by atoms with Crippen LogP contribution in [0.15, 0.2) is 83.1 Å². The Kier molecular flexibility index (Phi) is 12.3. The van der Waals surface area contributed by atoms with Gasteiger partial charge >= 0.3 is 0 Å². The number of benzene rings is 2. The van der Waals surface area contributed by atoms with Crippen molar-refractivity contribution in [2.75, 3.05) is 0 Å². The number of hydrogen-bond acceptors (Lipinski definition) is 6. The highest BCUT2D eigenvalue weighted by molar-refractivity contribution is 7.86. The zero-order valence-electron chi connectivity index (χ0n) is 16.7. The number of aliphatic hydroxyl groups excluding tert-OH is 2. The molecule has 0 spiro atoms. The fourth-order valence-electron chi connectivity index (χ4n) is 2.17. The third-order valence-electron chi connectivity index (χ3n) is 3.76. The summed E-state index contributed by atoms with van der Waals surface area (Å²) in [6, 6.07) is 14.8. The van der Waals surface area contributed by atoms with E-state index in [9.17, 15) is 16.8 Å². The molecule has 2 unspecified atom stereocenters. The highest BCUT2D eigenvalue weighted by Crippen LogP contribution is 2.13. The van der Waals surface area contributed by atoms with Crippen LogP contribution in [-0.2, 0) is 20.2 Å². The predicted octanol–water partition coefficient (Wildman–Crippen LogP) is 2.81. The maximum absolute atomic E-state index is 10.4. The molecule has 0 aliphatic rings. The average molecular weight is 461 g/mol. The van der Waals surface area contributed by atoms with E-state index in [1.54, 1.807) is 56.3 Å². The Balaban J connectivity index is 0.000000420. The molecule has 10 heteroatoms. The lowest BCUT2D eigenvalue weighted by Gasteiger charge is -2.20. The van der Waals surface area contributed by atoms with Gasteiger partial charge in [-0.15, -0.1) is 6.58 Å². The van der Waals surface area contributed by atoms with Gasteiger partial charge in [0.15, 0.2) is 0 Å². The van der Waals surface area contributed by atoms with Crippen molar-refractivity contribution in [1.29, 1.82) is 0 Å². The van der Waals surface area contributed by atoms with Gasteiger partial charge in [-0.2, -0.15) is 16.8 Å². The van der Waals surface area contributed by atoms with Crippen molar-refractivity contribution < 1.29 is 36.2 Å². The molecule has 0 amide bonds. The number of rotatable bonds is 6. The molecule has 168 valence electrons. The van der Waals surface area contributed by atoms with Gasteiger partial charge in [-0.25, -0.2) is 0 Å². The summed E-state index contributed by atoms with van der Waals surface area (Å²) >= 11 is 0. The second-order valence-corrected chi connectivity index (χ2v) is 9.09. The monoisotopic (exact) mass is 460 g/mol. The van der Waals surface area contributed by atoms with E-state index < -0.39 is 32.4 Å². The molecule has 0 fully saturated rings. The van der Waals surface area contributed by atoms with Crippen LogP contribution in [0.4, 0.5) is 0 Å². The highest BCUT2D eigenvalue weighted by Gasteiger charge is 2.18. The molecule has 0 radical (unpaired) electrons. The molecule has 0 heterocycles. The highest BCUT2D eigenvalue weighted by atomic mass is 32.2. The summed E-state index contributed by atoms with van der Waals surface area (Å²) in [4.78, 5) is -0.148. The first-order valence-corrected chi connectivity index (χ1v) is 11.7. The summed E-state index contributed by atoms with van der Waals surface area (Å²) in [7, 11) is -8.01. The second kappa shape index (κ2) is 13.3. The number of aliphatic hydroxyl groups is 2. The predicted molar refractivity (Wildman–Crippen MR) is 114 cm³/mol. The Hall–Kier alpha value is -2.08. The van der Waals surface area contributed by atoms with Crippen molar-refractivity contribution in [2.24, 2.45) is 5.92 Å². The van der Waals surface area contributed by atoms with E-state index >= 15 is 0 Å². The molecular weight excluding hydrogens is 432 g/mol. The molecule has 0 aliphatic carbocycles. The Morgan fingerprint density at radius 3 is 1.20 bits per heavy atom. The molecule has 2 aromatic carbocycles. The molecule has 0 bridgehead atoms. The maximum atomic E-state index is 10.4. The number of hydrogen-bond donors (Lipinski definition) is 4. The number of allylic oxidation sites excluding steroid dienone is 1. The first-order chi connectivity index (χ1) is 13.8. The van der Waals surface area contributed by atoms with Crippen LogP contribution in [0, 0.1) is 5.92 Å². The van der Waals surface area contributed by atoms with E-state index in [2.05, 4.69) is 6.58 Å². The minimum absolute atomic E-state index is 0.0718. The molecule has 2 aromatic rings. The lowest BCUT2D eigenvalue weighted by atomic mass is 9.94. The van der Waals surface area contributed by atoms with Crippen molar-refractivity contribution in [3.63, 3.8) is 0 Å². The summed E-state index contributed by atoms with van der Waals surface area (Å²) in [5.41, 5.74) is 0. The molecule has 4 N–H and O–H groups in total.